The van der Waals surface area contributed by atoms with E-state index in [9.17, 15) is 14.4 Å². The molecular weight excluding hydrogens is 374 g/mol. The molecule has 0 atom stereocenters. The number of carboxylic acid groups (broad SMARTS) is 1. The topological polar surface area (TPSA) is 93.1 Å². The third-order valence-electron chi connectivity index (χ3n) is 1.88. The van der Waals surface area contributed by atoms with E-state index in [2.05, 4.69) is 29.2 Å². The number of nitrogens with zero attached hydrogens (tertiary/aromatic N) is 1. The molecule has 0 saturated carbocycles. The van der Waals surface area contributed by atoms with Crippen LogP contribution in [0.1, 0.15) is 33.6 Å². The fourth-order valence-electron chi connectivity index (χ4n) is 0.587. The maximum atomic E-state index is 10.2. The minimum Gasteiger partial charge on any atom is -0.478 e. The van der Waals surface area contributed by atoms with Crippen molar-refractivity contribution in [2.45, 2.75) is 33.6 Å². The largest absolute Gasteiger partial charge is 0.478 e. The number of rotatable bonds is 6. The molecule has 1 N–H and O–H groups in total. The zero-order valence-electron chi connectivity index (χ0n) is 17.7. The first kappa shape index (κ1) is 35.9. The summed E-state index contributed by atoms with van der Waals surface area (Å²) >= 11 is 0. The van der Waals surface area contributed by atoms with Crippen LogP contribution in [-0.4, -0.2) is 62.8 Å². The summed E-state index contributed by atoms with van der Waals surface area (Å²) in [7, 11) is 7.33. The highest BCUT2D eigenvalue weighted by Gasteiger charge is 1.96. The second kappa shape index (κ2) is 26.1. The standard InChI is InChI=1S/C6H10O2.2C5H8O2.C3H9N.ClH/c1-3-5-8-6(7)4-2;1-4(2)5(6)7-3;1-3-4(2)5(6)7;1-4(2)3;/h4H,2-3,5H2,1H3;1H2,2-3H3;2-3H2,1H3,(H,6,7);1-3H3;1H. The molecule has 0 aromatic carbocycles. The first-order valence-electron chi connectivity index (χ1n) is 7.95. The first-order valence-corrected chi connectivity index (χ1v) is 7.95. The summed E-state index contributed by atoms with van der Waals surface area (Å²) in [5.41, 5.74) is 0.697. The normalized spacial score (nSPS) is 7.85. The van der Waals surface area contributed by atoms with Gasteiger partial charge < -0.3 is 19.5 Å². The number of carbonyl (C=O) groups excluding carboxylic acids is 2. The van der Waals surface area contributed by atoms with Crippen molar-refractivity contribution in [1.29, 1.82) is 0 Å². The number of hydrogen-bond donors (Lipinski definition) is 1. The van der Waals surface area contributed by atoms with E-state index in [1.165, 1.54) is 7.11 Å². The van der Waals surface area contributed by atoms with Crippen molar-refractivity contribution < 1.29 is 29.0 Å². The minimum atomic E-state index is -0.900. The van der Waals surface area contributed by atoms with Gasteiger partial charge >= 0.3 is 17.9 Å². The van der Waals surface area contributed by atoms with Gasteiger partial charge in [-0.15, -0.1) is 12.4 Å². The molecule has 0 rings (SSSR count). The maximum absolute atomic E-state index is 10.2. The summed E-state index contributed by atoms with van der Waals surface area (Å²) in [4.78, 5) is 32.3. The molecule has 0 heterocycles. The van der Waals surface area contributed by atoms with E-state index in [-0.39, 0.29) is 29.9 Å². The maximum Gasteiger partial charge on any atom is 0.332 e. The zero-order chi connectivity index (χ0) is 21.7. The number of aliphatic carboxylic acids is 1. The van der Waals surface area contributed by atoms with Crippen LogP contribution in [0.15, 0.2) is 37.0 Å². The number of carboxylic acids is 1. The molecule has 0 aromatic heterocycles. The second-order valence-corrected chi connectivity index (χ2v) is 5.25. The molecule has 160 valence electrons. The lowest BCUT2D eigenvalue weighted by Crippen LogP contribution is -1.99. The van der Waals surface area contributed by atoms with Crippen molar-refractivity contribution in [3.63, 3.8) is 0 Å². The van der Waals surface area contributed by atoms with Crippen molar-refractivity contribution in [2.24, 2.45) is 0 Å². The van der Waals surface area contributed by atoms with Crippen LogP contribution in [-0.2, 0) is 23.9 Å². The van der Waals surface area contributed by atoms with Crippen LogP contribution in [0.25, 0.3) is 0 Å². The molecule has 0 aliphatic carbocycles. The van der Waals surface area contributed by atoms with Crippen LogP contribution in [0.2, 0.25) is 0 Å². The molecule has 0 aromatic rings. The fraction of sp³-hybridized carbons (Fsp3) is 0.526. The number of esters is 2. The van der Waals surface area contributed by atoms with Crippen molar-refractivity contribution in [1.82, 2.24) is 4.90 Å². The molecular formula is C19H36ClNO6. The first-order chi connectivity index (χ1) is 11.9. The van der Waals surface area contributed by atoms with E-state index in [1.54, 1.807) is 13.8 Å². The molecule has 0 aliphatic rings. The van der Waals surface area contributed by atoms with Crippen LogP contribution in [0.5, 0.6) is 0 Å². The highest BCUT2D eigenvalue weighted by molar-refractivity contribution is 5.86. The number of methoxy groups -OCH3 is 1. The van der Waals surface area contributed by atoms with Gasteiger partial charge in [-0.05, 0) is 40.9 Å². The molecule has 8 heteroatoms. The van der Waals surface area contributed by atoms with Gasteiger partial charge in [0.1, 0.15) is 0 Å². The van der Waals surface area contributed by atoms with E-state index in [4.69, 9.17) is 5.11 Å². The highest BCUT2D eigenvalue weighted by atomic mass is 35.5. The summed E-state index contributed by atoms with van der Waals surface area (Å²) in [5, 5.41) is 8.08. The van der Waals surface area contributed by atoms with Crippen LogP contribution in [0, 0.1) is 0 Å². The average Bonchev–Trinajstić information content (AvgIpc) is 2.58. The second-order valence-electron chi connectivity index (χ2n) is 5.25. The Labute approximate surface area is 170 Å². The lowest BCUT2D eigenvalue weighted by Gasteiger charge is -1.94. The van der Waals surface area contributed by atoms with Crippen molar-refractivity contribution in [3.05, 3.63) is 37.0 Å². The Balaban J connectivity index is -0.0000000806. The van der Waals surface area contributed by atoms with E-state index < -0.39 is 5.97 Å². The molecule has 27 heavy (non-hydrogen) atoms. The molecule has 0 radical (unpaired) electrons. The van der Waals surface area contributed by atoms with Gasteiger partial charge in [-0.1, -0.05) is 33.6 Å². The molecule has 0 fully saturated rings. The molecule has 0 amide bonds. The third-order valence-corrected chi connectivity index (χ3v) is 1.88. The number of hydrogen-bond acceptors (Lipinski definition) is 6. The van der Waals surface area contributed by atoms with Gasteiger partial charge in [0.25, 0.3) is 0 Å². The number of halogens is 1. The summed E-state index contributed by atoms with van der Waals surface area (Å²) in [6.07, 6.45) is 2.55. The lowest BCUT2D eigenvalue weighted by molar-refractivity contribution is -0.138. The summed E-state index contributed by atoms with van der Waals surface area (Å²) in [5.74, 6) is -1.59. The summed E-state index contributed by atoms with van der Waals surface area (Å²) in [6, 6.07) is 0. The van der Waals surface area contributed by atoms with Crippen molar-refractivity contribution >= 4 is 30.3 Å². The monoisotopic (exact) mass is 409 g/mol. The fourth-order valence-corrected chi connectivity index (χ4v) is 0.587. The summed E-state index contributed by atoms with van der Waals surface area (Å²) in [6.45, 7) is 15.7. The van der Waals surface area contributed by atoms with Crippen LogP contribution < -0.4 is 0 Å². The van der Waals surface area contributed by atoms with Gasteiger partial charge in [0.15, 0.2) is 0 Å². The predicted molar refractivity (Wildman–Crippen MR) is 112 cm³/mol. The highest BCUT2D eigenvalue weighted by Crippen LogP contribution is 1.93. The number of carbonyl (C=O) groups is 3. The van der Waals surface area contributed by atoms with Gasteiger partial charge in [0.05, 0.1) is 13.7 Å². The molecule has 0 unspecified atom stereocenters. The molecule has 0 spiro atoms. The molecule has 7 nitrogen and oxygen atoms in total. The Hall–Kier alpha value is -2.12. The van der Waals surface area contributed by atoms with Gasteiger partial charge in [-0.3, -0.25) is 0 Å². The van der Waals surface area contributed by atoms with Crippen molar-refractivity contribution in [2.75, 3.05) is 34.9 Å². The average molecular weight is 410 g/mol. The Morgan fingerprint density at radius 2 is 1.52 bits per heavy atom. The summed E-state index contributed by atoms with van der Waals surface area (Å²) < 4.78 is 8.86. The Morgan fingerprint density at radius 1 is 1.11 bits per heavy atom. The molecule has 0 saturated heterocycles. The minimum absolute atomic E-state index is 0. The van der Waals surface area contributed by atoms with Crippen LogP contribution in [0.4, 0.5) is 0 Å². The SMILES string of the molecule is C=C(C)C(=O)OC.C=C(CC)C(=O)O.C=CC(=O)OCCC.CN(C)C.Cl. The number of ether oxygens (including phenoxy) is 2. The molecule has 0 aliphatic heterocycles. The Kier molecular flexibility index (Phi) is 34.7. The van der Waals surface area contributed by atoms with E-state index >= 15 is 0 Å². The predicted octanol–water partition coefficient (Wildman–Crippen LogP) is 3.50. The third kappa shape index (κ3) is 45.3. The van der Waals surface area contributed by atoms with Gasteiger partial charge in [0.2, 0.25) is 0 Å². The van der Waals surface area contributed by atoms with E-state index in [1.807, 2.05) is 33.0 Å². The van der Waals surface area contributed by atoms with Gasteiger partial charge in [-0.25, -0.2) is 14.4 Å². The smallest absolute Gasteiger partial charge is 0.332 e. The van der Waals surface area contributed by atoms with Gasteiger partial charge in [0, 0.05) is 17.2 Å². The van der Waals surface area contributed by atoms with E-state index in [0.717, 1.165) is 12.5 Å². The van der Waals surface area contributed by atoms with Gasteiger partial charge in [-0.2, -0.15) is 0 Å². The molecule has 0 bridgehead atoms. The zero-order valence-corrected chi connectivity index (χ0v) is 18.5. The quantitative estimate of drug-likeness (QED) is 0.530. The lowest BCUT2D eigenvalue weighted by atomic mass is 10.2. The van der Waals surface area contributed by atoms with E-state index in [0.29, 0.717) is 18.6 Å². The van der Waals surface area contributed by atoms with Crippen LogP contribution >= 0.6 is 12.4 Å². The Bertz CT molecular complexity index is 419. The van der Waals surface area contributed by atoms with Crippen LogP contribution in [0.3, 0.4) is 0 Å². The van der Waals surface area contributed by atoms with Crippen molar-refractivity contribution in [3.8, 4) is 0 Å². The Morgan fingerprint density at radius 3 is 1.63 bits per heavy atom.